The highest BCUT2D eigenvalue weighted by atomic mass is 32.2. The lowest BCUT2D eigenvalue weighted by Gasteiger charge is -2.34. The van der Waals surface area contributed by atoms with E-state index in [9.17, 15) is 8.42 Å². The van der Waals surface area contributed by atoms with Crippen LogP contribution >= 0.6 is 0 Å². The van der Waals surface area contributed by atoms with Crippen molar-refractivity contribution in [3.05, 3.63) is 11.4 Å². The Kier molecular flexibility index (Phi) is 3.72. The molecule has 6 nitrogen and oxygen atoms in total. The molecule has 1 fully saturated rings. The molecule has 0 unspecified atom stereocenters. The zero-order valence-electron chi connectivity index (χ0n) is 11.9. The molecule has 1 aromatic heterocycles. The predicted molar refractivity (Wildman–Crippen MR) is 73.5 cm³/mol. The summed E-state index contributed by atoms with van der Waals surface area (Å²) in [6, 6.07) is 0. The molecule has 2 N–H and O–H groups in total. The average Bonchev–Trinajstić information content (AvgIpc) is 2.52. The van der Waals surface area contributed by atoms with Gasteiger partial charge in [-0.25, -0.2) is 13.1 Å². The first-order valence-electron chi connectivity index (χ1n) is 6.50. The lowest BCUT2D eigenvalue weighted by atomic mass is 9.92. The number of rotatable bonds is 3. The molecule has 1 aromatic rings. The zero-order valence-corrected chi connectivity index (χ0v) is 12.8. The Balaban J connectivity index is 2.32. The Hall–Kier alpha value is -0.920. The summed E-state index contributed by atoms with van der Waals surface area (Å²) in [5.41, 5.74) is 0.839. The molecule has 7 heteroatoms. The van der Waals surface area contributed by atoms with Gasteiger partial charge in [-0.15, -0.1) is 0 Å². The number of nitrogens with one attached hydrogen (secondary N) is 2. The van der Waals surface area contributed by atoms with Crippen LogP contribution in [0, 0.1) is 13.8 Å². The van der Waals surface area contributed by atoms with Crippen LogP contribution in [0.4, 0.5) is 0 Å². The van der Waals surface area contributed by atoms with Crippen LogP contribution in [-0.2, 0) is 17.1 Å². The van der Waals surface area contributed by atoms with Crippen molar-refractivity contribution in [2.24, 2.45) is 7.05 Å². The third-order valence-electron chi connectivity index (χ3n) is 3.80. The molecule has 108 valence electrons. The second-order valence-electron chi connectivity index (χ2n) is 5.54. The van der Waals surface area contributed by atoms with Gasteiger partial charge in [0.05, 0.1) is 11.4 Å². The molecule has 0 bridgehead atoms. The Bertz CT molecular complexity index is 571. The van der Waals surface area contributed by atoms with Gasteiger partial charge in [0, 0.05) is 12.6 Å². The van der Waals surface area contributed by atoms with Crippen LogP contribution in [0.3, 0.4) is 0 Å². The molecule has 19 heavy (non-hydrogen) atoms. The summed E-state index contributed by atoms with van der Waals surface area (Å²) >= 11 is 0. The topological polar surface area (TPSA) is 76.0 Å². The Morgan fingerprint density at radius 3 is 2.37 bits per heavy atom. The smallest absolute Gasteiger partial charge is 0.244 e. The fraction of sp³-hybridized carbons (Fsp3) is 0.750. The van der Waals surface area contributed by atoms with Crippen LogP contribution < -0.4 is 10.0 Å². The molecular weight excluding hydrogens is 264 g/mol. The van der Waals surface area contributed by atoms with E-state index < -0.39 is 10.0 Å². The molecule has 2 heterocycles. The van der Waals surface area contributed by atoms with Crippen molar-refractivity contribution in [2.75, 3.05) is 13.1 Å². The maximum atomic E-state index is 12.6. The van der Waals surface area contributed by atoms with Crippen molar-refractivity contribution in [3.63, 3.8) is 0 Å². The molecule has 1 aliphatic heterocycles. The predicted octanol–water partition coefficient (Wildman–Crippen LogP) is 0.457. The first-order valence-corrected chi connectivity index (χ1v) is 7.98. The maximum absolute atomic E-state index is 12.6. The monoisotopic (exact) mass is 286 g/mol. The van der Waals surface area contributed by atoms with E-state index in [1.165, 1.54) is 0 Å². The maximum Gasteiger partial charge on any atom is 0.244 e. The summed E-state index contributed by atoms with van der Waals surface area (Å²) in [5.74, 6) is 0. The lowest BCUT2D eigenvalue weighted by molar-refractivity contribution is 0.308. The molecule has 0 saturated carbocycles. The van der Waals surface area contributed by atoms with Gasteiger partial charge in [0.25, 0.3) is 0 Å². The highest BCUT2D eigenvalue weighted by molar-refractivity contribution is 7.89. The fourth-order valence-corrected chi connectivity index (χ4v) is 4.50. The van der Waals surface area contributed by atoms with Crippen LogP contribution in [0.15, 0.2) is 4.90 Å². The second-order valence-corrected chi connectivity index (χ2v) is 7.16. The summed E-state index contributed by atoms with van der Waals surface area (Å²) in [5, 5.41) is 7.42. The van der Waals surface area contributed by atoms with Gasteiger partial charge in [-0.05, 0) is 46.7 Å². The Labute approximate surface area is 114 Å². The summed E-state index contributed by atoms with van der Waals surface area (Å²) in [6.45, 7) is 7.14. The molecule has 0 radical (unpaired) electrons. The van der Waals surface area contributed by atoms with E-state index in [1.807, 2.05) is 6.92 Å². The van der Waals surface area contributed by atoms with Crippen LogP contribution in [0.5, 0.6) is 0 Å². The minimum Gasteiger partial charge on any atom is -0.317 e. The van der Waals surface area contributed by atoms with Gasteiger partial charge in [-0.3, -0.25) is 4.68 Å². The molecule has 0 spiro atoms. The average molecular weight is 286 g/mol. The molecule has 1 saturated heterocycles. The summed E-state index contributed by atoms with van der Waals surface area (Å²) < 4.78 is 29.6. The molecule has 2 rings (SSSR count). The van der Waals surface area contributed by atoms with E-state index in [0.29, 0.717) is 16.3 Å². The molecule has 1 aliphatic rings. The van der Waals surface area contributed by atoms with E-state index >= 15 is 0 Å². The number of piperidine rings is 1. The highest BCUT2D eigenvalue weighted by Gasteiger charge is 2.34. The lowest BCUT2D eigenvalue weighted by Crippen LogP contribution is -2.52. The van der Waals surface area contributed by atoms with Crippen molar-refractivity contribution in [1.82, 2.24) is 19.8 Å². The minimum absolute atomic E-state index is 0.315. The Morgan fingerprint density at radius 2 is 1.89 bits per heavy atom. The summed E-state index contributed by atoms with van der Waals surface area (Å²) in [4.78, 5) is 0.315. The van der Waals surface area contributed by atoms with Crippen molar-refractivity contribution in [1.29, 1.82) is 0 Å². The van der Waals surface area contributed by atoms with Gasteiger partial charge in [0.15, 0.2) is 0 Å². The number of aryl methyl sites for hydroxylation is 2. The number of hydrogen-bond donors (Lipinski definition) is 2. The summed E-state index contributed by atoms with van der Waals surface area (Å²) in [6.07, 6.45) is 1.59. The molecular formula is C12H22N4O2S. The normalized spacial score (nSPS) is 19.6. The SMILES string of the molecule is Cc1nn(C)c(C)c1S(=O)(=O)NC1(C)CCNCC1. The van der Waals surface area contributed by atoms with Gasteiger partial charge in [-0.2, -0.15) is 5.10 Å². The quantitative estimate of drug-likeness (QED) is 0.846. The van der Waals surface area contributed by atoms with E-state index in [1.54, 1.807) is 25.6 Å². The number of hydrogen-bond acceptors (Lipinski definition) is 4. The van der Waals surface area contributed by atoms with Crippen LogP contribution in [-0.4, -0.2) is 36.8 Å². The largest absolute Gasteiger partial charge is 0.317 e. The van der Waals surface area contributed by atoms with Crippen molar-refractivity contribution in [2.45, 2.75) is 44.0 Å². The van der Waals surface area contributed by atoms with E-state index in [4.69, 9.17) is 0 Å². The van der Waals surface area contributed by atoms with E-state index in [0.717, 1.165) is 25.9 Å². The van der Waals surface area contributed by atoms with Gasteiger partial charge >= 0.3 is 0 Å². The molecule has 0 atom stereocenters. The highest BCUT2D eigenvalue weighted by Crippen LogP contribution is 2.24. The standard InChI is InChI=1S/C12H22N4O2S/c1-9-11(10(2)16(4)14-9)19(17,18)15-12(3)5-7-13-8-6-12/h13,15H,5-8H2,1-4H3. The minimum atomic E-state index is -3.52. The third kappa shape index (κ3) is 2.82. The van der Waals surface area contributed by atoms with Crippen molar-refractivity contribution >= 4 is 10.0 Å². The van der Waals surface area contributed by atoms with Crippen molar-refractivity contribution < 1.29 is 8.42 Å². The zero-order chi connectivity index (χ0) is 14.3. The van der Waals surface area contributed by atoms with E-state index in [-0.39, 0.29) is 5.54 Å². The molecule has 0 aromatic carbocycles. The van der Waals surface area contributed by atoms with Crippen molar-refractivity contribution in [3.8, 4) is 0 Å². The second kappa shape index (κ2) is 4.88. The third-order valence-corrected chi connectivity index (χ3v) is 5.69. The van der Waals surface area contributed by atoms with Crippen LogP contribution in [0.25, 0.3) is 0 Å². The number of sulfonamides is 1. The van der Waals surface area contributed by atoms with E-state index in [2.05, 4.69) is 15.1 Å². The number of aromatic nitrogens is 2. The van der Waals surface area contributed by atoms with Crippen LogP contribution in [0.1, 0.15) is 31.2 Å². The van der Waals surface area contributed by atoms with Crippen LogP contribution in [0.2, 0.25) is 0 Å². The Morgan fingerprint density at radius 1 is 1.32 bits per heavy atom. The molecule has 0 amide bonds. The van der Waals surface area contributed by atoms with Gasteiger partial charge < -0.3 is 5.32 Å². The fourth-order valence-electron chi connectivity index (χ4n) is 2.60. The van der Waals surface area contributed by atoms with Gasteiger partial charge in [0.2, 0.25) is 10.0 Å². The van der Waals surface area contributed by atoms with Gasteiger partial charge in [0.1, 0.15) is 4.90 Å². The first-order chi connectivity index (χ1) is 8.75. The van der Waals surface area contributed by atoms with Gasteiger partial charge in [-0.1, -0.05) is 0 Å². The summed E-state index contributed by atoms with van der Waals surface area (Å²) in [7, 11) is -1.76. The molecule has 0 aliphatic carbocycles. The first kappa shape index (κ1) is 14.5. The number of nitrogens with zero attached hydrogens (tertiary/aromatic N) is 2.